The van der Waals surface area contributed by atoms with Gasteiger partial charge in [-0.2, -0.15) is 0 Å². The van der Waals surface area contributed by atoms with Crippen LogP contribution >= 0.6 is 11.6 Å². The predicted molar refractivity (Wildman–Crippen MR) is 144 cm³/mol. The van der Waals surface area contributed by atoms with Crippen LogP contribution in [-0.4, -0.2) is 63.7 Å². The molecule has 0 saturated carbocycles. The van der Waals surface area contributed by atoms with Crippen LogP contribution in [0.1, 0.15) is 5.56 Å². The van der Waals surface area contributed by atoms with Crippen LogP contribution in [0.5, 0.6) is 5.75 Å². The van der Waals surface area contributed by atoms with E-state index in [0.717, 1.165) is 39.4 Å². The van der Waals surface area contributed by atoms with Crippen LogP contribution in [0.4, 0.5) is 5.95 Å². The molecule has 37 heavy (non-hydrogen) atoms. The van der Waals surface area contributed by atoms with E-state index in [-0.39, 0.29) is 5.91 Å². The summed E-state index contributed by atoms with van der Waals surface area (Å²) in [4.78, 5) is 22.2. The van der Waals surface area contributed by atoms with Gasteiger partial charge in [0.25, 0.3) is 0 Å². The first-order valence-corrected chi connectivity index (χ1v) is 12.5. The van der Waals surface area contributed by atoms with E-state index in [0.29, 0.717) is 43.4 Å². The number of benzene rings is 3. The molecule has 0 aliphatic carbocycles. The van der Waals surface area contributed by atoms with Crippen molar-refractivity contribution in [3.63, 3.8) is 0 Å². The summed E-state index contributed by atoms with van der Waals surface area (Å²) in [5, 5.41) is 10.6. The van der Waals surface area contributed by atoms with E-state index in [9.17, 15) is 4.79 Å². The molecule has 9 heteroatoms. The Morgan fingerprint density at radius 2 is 1.73 bits per heavy atom. The topological polar surface area (TPSA) is 75.9 Å². The van der Waals surface area contributed by atoms with Crippen molar-refractivity contribution in [3.05, 3.63) is 83.4 Å². The third kappa shape index (κ3) is 4.34. The molecule has 1 amide bonds. The first-order chi connectivity index (χ1) is 18.1. The lowest BCUT2D eigenvalue weighted by Gasteiger charge is -2.35. The first-order valence-electron chi connectivity index (χ1n) is 12.2. The van der Waals surface area contributed by atoms with Gasteiger partial charge in [-0.3, -0.25) is 4.79 Å². The van der Waals surface area contributed by atoms with Gasteiger partial charge in [0.05, 0.1) is 24.1 Å². The fraction of sp³-hybridized carbons (Fsp3) is 0.214. The van der Waals surface area contributed by atoms with Crippen molar-refractivity contribution in [1.29, 1.82) is 0 Å². The number of aromatic nitrogens is 4. The largest absolute Gasteiger partial charge is 0.497 e. The van der Waals surface area contributed by atoms with E-state index in [1.807, 2.05) is 82.1 Å². The molecule has 0 radical (unpaired) electrons. The molecule has 0 atom stereocenters. The average Bonchev–Trinajstić information content (AvgIpc) is 3.38. The van der Waals surface area contributed by atoms with Crippen LogP contribution in [0.2, 0.25) is 5.02 Å². The second kappa shape index (κ2) is 9.71. The van der Waals surface area contributed by atoms with Crippen molar-refractivity contribution in [2.75, 3.05) is 38.2 Å². The Labute approximate surface area is 219 Å². The number of para-hydroxylation sites is 1. The van der Waals surface area contributed by atoms with Gasteiger partial charge < -0.3 is 14.5 Å². The lowest BCUT2D eigenvalue weighted by Crippen LogP contribution is -2.50. The van der Waals surface area contributed by atoms with E-state index < -0.39 is 0 Å². The van der Waals surface area contributed by atoms with Crippen molar-refractivity contribution < 1.29 is 9.53 Å². The number of anilines is 1. The van der Waals surface area contributed by atoms with E-state index in [4.69, 9.17) is 21.3 Å². The molecule has 1 fully saturated rings. The van der Waals surface area contributed by atoms with Crippen LogP contribution in [-0.2, 0) is 11.2 Å². The number of carbonyl (C=O) groups is 1. The van der Waals surface area contributed by atoms with Gasteiger partial charge in [0.2, 0.25) is 11.9 Å². The summed E-state index contributed by atoms with van der Waals surface area (Å²) in [6.07, 6.45) is 0.345. The lowest BCUT2D eigenvalue weighted by molar-refractivity contribution is -0.130. The molecule has 0 unspecified atom stereocenters. The molecule has 5 aromatic rings. The van der Waals surface area contributed by atoms with E-state index in [1.165, 1.54) is 0 Å². The van der Waals surface area contributed by atoms with Crippen LogP contribution in [0.15, 0.2) is 72.8 Å². The zero-order chi connectivity index (χ0) is 25.4. The monoisotopic (exact) mass is 512 g/mol. The molecule has 0 spiro atoms. The molecule has 0 bridgehead atoms. The minimum absolute atomic E-state index is 0.102. The summed E-state index contributed by atoms with van der Waals surface area (Å²) >= 11 is 6.54. The van der Waals surface area contributed by atoms with Gasteiger partial charge in [-0.15, -0.1) is 10.2 Å². The van der Waals surface area contributed by atoms with Crippen LogP contribution in [0.25, 0.3) is 27.9 Å². The molecule has 1 aliphatic rings. The summed E-state index contributed by atoms with van der Waals surface area (Å²) < 4.78 is 7.28. The van der Waals surface area contributed by atoms with Crippen molar-refractivity contribution in [3.8, 4) is 17.1 Å². The second-order valence-electron chi connectivity index (χ2n) is 8.99. The molecule has 1 saturated heterocycles. The number of amides is 1. The quantitative estimate of drug-likeness (QED) is 0.345. The number of piperazine rings is 1. The molecule has 186 valence electrons. The van der Waals surface area contributed by atoms with Crippen molar-refractivity contribution in [2.45, 2.75) is 6.42 Å². The number of carbonyl (C=O) groups excluding carboxylic acids is 1. The highest BCUT2D eigenvalue weighted by Crippen LogP contribution is 2.32. The number of rotatable bonds is 5. The zero-order valence-electron chi connectivity index (χ0n) is 20.3. The molecule has 2 aromatic heterocycles. The Morgan fingerprint density at radius 1 is 0.946 bits per heavy atom. The molecule has 6 rings (SSSR count). The number of halogens is 1. The minimum Gasteiger partial charge on any atom is -0.497 e. The smallest absolute Gasteiger partial charge is 0.227 e. The molecule has 0 N–H and O–H groups in total. The van der Waals surface area contributed by atoms with Gasteiger partial charge in [0, 0.05) is 37.1 Å². The van der Waals surface area contributed by atoms with Gasteiger partial charge in [0.1, 0.15) is 5.75 Å². The summed E-state index contributed by atoms with van der Waals surface area (Å²) in [5.74, 6) is 2.24. The second-order valence-corrected chi connectivity index (χ2v) is 9.39. The molecular weight excluding hydrogens is 488 g/mol. The summed E-state index contributed by atoms with van der Waals surface area (Å²) in [5.41, 5.74) is 3.31. The summed E-state index contributed by atoms with van der Waals surface area (Å²) in [6, 6.07) is 23.2. The summed E-state index contributed by atoms with van der Waals surface area (Å²) in [7, 11) is 1.63. The number of fused-ring (bicyclic) bond motifs is 3. The molecule has 8 nitrogen and oxygen atoms in total. The van der Waals surface area contributed by atoms with E-state index in [2.05, 4.69) is 15.1 Å². The highest BCUT2D eigenvalue weighted by atomic mass is 35.5. The van der Waals surface area contributed by atoms with Crippen LogP contribution < -0.4 is 9.64 Å². The first kappa shape index (κ1) is 23.2. The Hall–Kier alpha value is -4.17. The van der Waals surface area contributed by atoms with E-state index in [1.54, 1.807) is 7.11 Å². The SMILES string of the molecule is COc1cccc(CC(=O)N2CCN(c3nc4ccccc4c4nnc(-c5ccccc5Cl)n34)CC2)c1. The van der Waals surface area contributed by atoms with Gasteiger partial charge in [0.15, 0.2) is 11.5 Å². The number of ether oxygens (including phenoxy) is 1. The fourth-order valence-corrected chi connectivity index (χ4v) is 5.04. The number of hydrogen-bond donors (Lipinski definition) is 0. The molecule has 3 heterocycles. The third-order valence-corrected chi connectivity index (χ3v) is 7.08. The summed E-state index contributed by atoms with van der Waals surface area (Å²) in [6.45, 7) is 2.49. The van der Waals surface area contributed by atoms with E-state index >= 15 is 0 Å². The van der Waals surface area contributed by atoms with Crippen molar-refractivity contribution in [1.82, 2.24) is 24.5 Å². The third-order valence-electron chi connectivity index (χ3n) is 6.75. The van der Waals surface area contributed by atoms with Gasteiger partial charge >= 0.3 is 0 Å². The highest BCUT2D eigenvalue weighted by molar-refractivity contribution is 6.33. The van der Waals surface area contributed by atoms with Crippen molar-refractivity contribution >= 4 is 40.0 Å². The number of hydrogen-bond acceptors (Lipinski definition) is 6. The van der Waals surface area contributed by atoms with Crippen molar-refractivity contribution in [2.24, 2.45) is 0 Å². The number of methoxy groups -OCH3 is 1. The standard InChI is InChI=1S/C28H25ClN6O2/c1-37-20-8-6-7-19(17-20)18-25(36)33-13-15-34(16-14-33)28-30-24-12-5-3-10-22(24)27-32-31-26(35(27)28)21-9-2-4-11-23(21)29/h2-12,17H,13-16,18H2,1H3. The molecule has 3 aromatic carbocycles. The molecular formula is C28H25ClN6O2. The predicted octanol–water partition coefficient (Wildman–Crippen LogP) is 4.50. The lowest BCUT2D eigenvalue weighted by atomic mass is 10.1. The minimum atomic E-state index is 0.102. The Balaban J connectivity index is 1.31. The zero-order valence-corrected chi connectivity index (χ0v) is 21.1. The maximum absolute atomic E-state index is 13.0. The maximum atomic E-state index is 13.0. The Kier molecular flexibility index (Phi) is 6.10. The normalized spacial score (nSPS) is 13.9. The number of nitrogens with zero attached hydrogens (tertiary/aromatic N) is 6. The Bertz CT molecular complexity index is 1610. The van der Waals surface area contributed by atoms with Crippen LogP contribution in [0, 0.1) is 0 Å². The average molecular weight is 513 g/mol. The maximum Gasteiger partial charge on any atom is 0.227 e. The highest BCUT2D eigenvalue weighted by Gasteiger charge is 2.26. The van der Waals surface area contributed by atoms with Gasteiger partial charge in [-0.25, -0.2) is 9.38 Å². The molecule has 1 aliphatic heterocycles. The van der Waals surface area contributed by atoms with Gasteiger partial charge in [-0.1, -0.05) is 48.0 Å². The Morgan fingerprint density at radius 3 is 2.54 bits per heavy atom. The van der Waals surface area contributed by atoms with Crippen LogP contribution in [0.3, 0.4) is 0 Å². The van der Waals surface area contributed by atoms with Gasteiger partial charge in [-0.05, 0) is 42.0 Å². The fourth-order valence-electron chi connectivity index (χ4n) is 4.82.